The van der Waals surface area contributed by atoms with E-state index in [4.69, 9.17) is 4.74 Å². The van der Waals surface area contributed by atoms with Crippen LogP contribution in [0.15, 0.2) is 83.9 Å². The third-order valence-corrected chi connectivity index (χ3v) is 6.29. The van der Waals surface area contributed by atoms with Crippen molar-refractivity contribution in [3.8, 4) is 5.75 Å². The zero-order chi connectivity index (χ0) is 25.8. The van der Waals surface area contributed by atoms with Gasteiger partial charge in [-0.15, -0.1) is 6.58 Å². The molecule has 2 aliphatic rings. The van der Waals surface area contributed by atoms with E-state index in [1.807, 2.05) is 18.2 Å². The van der Waals surface area contributed by atoms with Crippen molar-refractivity contribution in [2.45, 2.75) is 25.2 Å². The number of dihydropyridines is 1. The Bertz CT molecular complexity index is 1320. The van der Waals surface area contributed by atoms with Crippen LogP contribution in [0.4, 0.5) is 0 Å². The molecule has 8 nitrogen and oxygen atoms in total. The molecule has 4 rings (SSSR count). The number of hydrogen-bond acceptors (Lipinski definition) is 7. The lowest BCUT2D eigenvalue weighted by Crippen LogP contribution is -2.40. The quantitative estimate of drug-likeness (QED) is 0.269. The van der Waals surface area contributed by atoms with Gasteiger partial charge in [-0.3, -0.25) is 24.1 Å². The number of carbonyl (C=O) groups is 4. The standard InChI is InChI=1S/C28H27N3O5/c1-4-8-22(33)36-19-11-7-10-18(15-19)23-24-21(14-13-17-9-5-6-12-20(17)26(24)34)30-27(29-2)25(23)28(35)31(3)16-32/h4-7,9-12,15-16,23,29-30H,1,8,13-14H2,2-3H3. The number of likely N-dealkylation sites (N-methyl/N-ethyl adjacent to an activating group) is 1. The summed E-state index contributed by atoms with van der Waals surface area (Å²) < 4.78 is 5.44. The van der Waals surface area contributed by atoms with E-state index in [9.17, 15) is 19.2 Å². The molecule has 0 aromatic heterocycles. The van der Waals surface area contributed by atoms with Crippen molar-refractivity contribution in [2.24, 2.45) is 0 Å². The molecule has 0 saturated carbocycles. The van der Waals surface area contributed by atoms with E-state index in [-0.39, 0.29) is 23.5 Å². The smallest absolute Gasteiger partial charge is 0.315 e. The van der Waals surface area contributed by atoms with Crippen molar-refractivity contribution in [1.29, 1.82) is 0 Å². The van der Waals surface area contributed by atoms with Crippen LogP contribution in [-0.2, 0) is 20.8 Å². The van der Waals surface area contributed by atoms with Crippen LogP contribution < -0.4 is 15.4 Å². The average Bonchev–Trinajstić information content (AvgIpc) is 3.03. The number of rotatable bonds is 7. The van der Waals surface area contributed by atoms with E-state index < -0.39 is 17.8 Å². The molecule has 0 radical (unpaired) electrons. The van der Waals surface area contributed by atoms with Gasteiger partial charge in [0.15, 0.2) is 5.78 Å². The minimum Gasteiger partial charge on any atom is -0.426 e. The maximum atomic E-state index is 14.0. The van der Waals surface area contributed by atoms with Gasteiger partial charge in [0.2, 0.25) is 6.41 Å². The topological polar surface area (TPSA) is 105 Å². The van der Waals surface area contributed by atoms with Crippen LogP contribution in [0.5, 0.6) is 5.75 Å². The first-order valence-corrected chi connectivity index (χ1v) is 11.6. The maximum Gasteiger partial charge on any atom is 0.315 e. The van der Waals surface area contributed by atoms with E-state index in [0.717, 1.165) is 10.5 Å². The zero-order valence-electron chi connectivity index (χ0n) is 20.2. The number of aryl methyl sites for hydroxylation is 1. The number of carbonyl (C=O) groups excluding carboxylic acids is 4. The number of allylic oxidation sites excluding steroid dienone is 2. The van der Waals surface area contributed by atoms with Gasteiger partial charge in [-0.2, -0.15) is 0 Å². The Morgan fingerprint density at radius 3 is 2.69 bits per heavy atom. The van der Waals surface area contributed by atoms with Crippen LogP contribution in [-0.4, -0.2) is 43.1 Å². The summed E-state index contributed by atoms with van der Waals surface area (Å²) in [4.78, 5) is 52.0. The molecule has 0 saturated heterocycles. The van der Waals surface area contributed by atoms with Gasteiger partial charge in [-0.05, 0) is 36.1 Å². The summed E-state index contributed by atoms with van der Waals surface area (Å²) in [5.74, 6) is -1.35. The van der Waals surface area contributed by atoms with Crippen molar-refractivity contribution in [1.82, 2.24) is 15.5 Å². The maximum absolute atomic E-state index is 14.0. The first-order valence-electron chi connectivity index (χ1n) is 11.6. The average molecular weight is 486 g/mol. The van der Waals surface area contributed by atoms with Crippen molar-refractivity contribution in [3.63, 3.8) is 0 Å². The fraction of sp³-hybridized carbons (Fsp3) is 0.214. The second kappa shape index (κ2) is 10.4. The predicted molar refractivity (Wildman–Crippen MR) is 134 cm³/mol. The number of ether oxygens (including phenoxy) is 1. The second-order valence-corrected chi connectivity index (χ2v) is 8.54. The van der Waals surface area contributed by atoms with Crippen molar-refractivity contribution in [2.75, 3.05) is 14.1 Å². The Labute approximate surface area is 209 Å². The Morgan fingerprint density at radius 1 is 1.19 bits per heavy atom. The number of Topliss-reactive ketones (excluding diaryl/α,β-unsaturated/α-hetero) is 1. The van der Waals surface area contributed by atoms with Crippen LogP contribution >= 0.6 is 0 Å². The third kappa shape index (κ3) is 4.57. The molecule has 1 aliphatic heterocycles. The predicted octanol–water partition coefficient (Wildman–Crippen LogP) is 2.98. The molecule has 1 unspecified atom stereocenters. The molecule has 0 bridgehead atoms. The van der Waals surface area contributed by atoms with Gasteiger partial charge in [0.05, 0.1) is 12.0 Å². The molecule has 2 amide bonds. The molecule has 0 fully saturated rings. The van der Waals surface area contributed by atoms with Crippen molar-refractivity contribution >= 4 is 24.1 Å². The zero-order valence-corrected chi connectivity index (χ0v) is 20.2. The number of ketones is 1. The Balaban J connectivity index is 1.91. The van der Waals surface area contributed by atoms with E-state index in [1.165, 1.54) is 13.1 Å². The van der Waals surface area contributed by atoms with Crippen LogP contribution in [0, 0.1) is 0 Å². The van der Waals surface area contributed by atoms with Gasteiger partial charge in [0.25, 0.3) is 5.91 Å². The number of esters is 1. The summed E-state index contributed by atoms with van der Waals surface area (Å²) >= 11 is 0. The van der Waals surface area contributed by atoms with Gasteiger partial charge in [-0.1, -0.05) is 42.5 Å². The van der Waals surface area contributed by atoms with Crippen LogP contribution in [0.2, 0.25) is 0 Å². The number of imide groups is 1. The fourth-order valence-corrected chi connectivity index (χ4v) is 4.63. The molecule has 1 heterocycles. The molecular weight excluding hydrogens is 458 g/mol. The molecule has 36 heavy (non-hydrogen) atoms. The highest BCUT2D eigenvalue weighted by atomic mass is 16.5. The van der Waals surface area contributed by atoms with Crippen LogP contribution in [0.1, 0.15) is 40.2 Å². The number of fused-ring (bicyclic) bond motifs is 1. The van der Waals surface area contributed by atoms with E-state index in [0.29, 0.717) is 47.5 Å². The first kappa shape index (κ1) is 24.7. The largest absolute Gasteiger partial charge is 0.426 e. The van der Waals surface area contributed by atoms with E-state index >= 15 is 0 Å². The third-order valence-electron chi connectivity index (χ3n) is 6.29. The summed E-state index contributed by atoms with van der Waals surface area (Å²) in [5.41, 5.74) is 3.42. The lowest BCUT2D eigenvalue weighted by Gasteiger charge is -2.33. The second-order valence-electron chi connectivity index (χ2n) is 8.54. The molecule has 1 aliphatic carbocycles. The Hall–Kier alpha value is -4.46. The summed E-state index contributed by atoms with van der Waals surface area (Å²) in [6.45, 7) is 3.55. The van der Waals surface area contributed by atoms with Gasteiger partial charge in [0.1, 0.15) is 11.6 Å². The highest BCUT2D eigenvalue weighted by Crippen LogP contribution is 2.43. The fourth-order valence-electron chi connectivity index (χ4n) is 4.63. The molecule has 2 aromatic rings. The number of hydrogen-bond donors (Lipinski definition) is 2. The van der Waals surface area contributed by atoms with E-state index in [1.54, 1.807) is 37.4 Å². The Kier molecular flexibility index (Phi) is 7.15. The molecule has 184 valence electrons. The monoisotopic (exact) mass is 485 g/mol. The van der Waals surface area contributed by atoms with E-state index in [2.05, 4.69) is 17.2 Å². The highest BCUT2D eigenvalue weighted by molar-refractivity contribution is 6.14. The number of amides is 2. The molecule has 2 aromatic carbocycles. The van der Waals surface area contributed by atoms with Crippen molar-refractivity contribution < 1.29 is 23.9 Å². The van der Waals surface area contributed by atoms with Crippen LogP contribution in [0.3, 0.4) is 0 Å². The summed E-state index contributed by atoms with van der Waals surface area (Å²) in [5, 5.41) is 6.28. The van der Waals surface area contributed by atoms with Gasteiger partial charge < -0.3 is 15.4 Å². The van der Waals surface area contributed by atoms with Gasteiger partial charge >= 0.3 is 5.97 Å². The van der Waals surface area contributed by atoms with Crippen LogP contribution in [0.25, 0.3) is 0 Å². The number of nitrogens with one attached hydrogen (secondary N) is 2. The number of nitrogens with zero attached hydrogens (tertiary/aromatic N) is 1. The molecule has 0 spiro atoms. The molecular formula is C28H27N3O5. The summed E-state index contributed by atoms with van der Waals surface area (Å²) in [6.07, 6.45) is 3.12. The summed E-state index contributed by atoms with van der Waals surface area (Å²) in [7, 11) is 3.04. The minimum absolute atomic E-state index is 0.0415. The first-order chi connectivity index (χ1) is 17.4. The van der Waals surface area contributed by atoms with Gasteiger partial charge in [0, 0.05) is 36.8 Å². The number of benzene rings is 2. The lowest BCUT2D eigenvalue weighted by molar-refractivity contribution is -0.134. The normalized spacial score (nSPS) is 16.7. The SMILES string of the molecule is C=CCC(=O)Oc1cccc(C2C3=C(CCc4ccccc4C3=O)NC(NC)=C2C(=O)N(C)C=O)c1. The summed E-state index contributed by atoms with van der Waals surface area (Å²) in [6, 6.07) is 14.2. The van der Waals surface area contributed by atoms with Crippen molar-refractivity contribution in [3.05, 3.63) is 101 Å². The lowest BCUT2D eigenvalue weighted by atomic mass is 9.77. The molecule has 1 atom stereocenters. The highest BCUT2D eigenvalue weighted by Gasteiger charge is 2.41. The Morgan fingerprint density at radius 2 is 1.97 bits per heavy atom. The molecule has 8 heteroatoms. The van der Waals surface area contributed by atoms with Gasteiger partial charge in [-0.25, -0.2) is 0 Å². The minimum atomic E-state index is -0.810. The molecule has 2 N–H and O–H groups in total.